The minimum atomic E-state index is -0.237. The Hall–Kier alpha value is -2.64. The van der Waals surface area contributed by atoms with E-state index in [9.17, 15) is 4.79 Å². The largest absolute Gasteiger partial charge is 0.353 e. The second kappa shape index (κ2) is 10.1. The van der Waals surface area contributed by atoms with Gasteiger partial charge in [-0.1, -0.05) is 51.1 Å². The molecule has 3 heterocycles. The maximum atomic E-state index is 13.5. The van der Waals surface area contributed by atoms with Crippen molar-refractivity contribution in [1.82, 2.24) is 20.2 Å². The Morgan fingerprint density at radius 2 is 1.91 bits per heavy atom. The van der Waals surface area contributed by atoms with Gasteiger partial charge in [-0.05, 0) is 30.0 Å². The molecule has 4 rings (SSSR count). The fourth-order valence-electron chi connectivity index (χ4n) is 4.43. The first-order chi connectivity index (χ1) is 15.8. The smallest absolute Gasteiger partial charge is 0.231 e. The maximum absolute atomic E-state index is 13.5. The molecule has 1 saturated heterocycles. The van der Waals surface area contributed by atoms with Gasteiger partial charge < -0.3 is 20.4 Å². The van der Waals surface area contributed by atoms with E-state index in [1.54, 1.807) is 6.33 Å². The molecule has 8 heteroatoms. The summed E-state index contributed by atoms with van der Waals surface area (Å²) in [6.07, 6.45) is 2.48. The summed E-state index contributed by atoms with van der Waals surface area (Å²) in [7, 11) is 0. The Bertz CT molecular complexity index is 1000. The molecule has 0 radical (unpaired) electrons. The average molecular weight is 469 g/mol. The van der Waals surface area contributed by atoms with Crippen LogP contribution in [-0.2, 0) is 11.2 Å². The minimum Gasteiger partial charge on any atom is -0.353 e. The molecule has 0 unspecified atom stereocenters. The number of amides is 1. The summed E-state index contributed by atoms with van der Waals surface area (Å²) in [5.41, 5.74) is 3.12. The summed E-state index contributed by atoms with van der Waals surface area (Å²) >= 11 is 6.08. The molecule has 2 aliphatic heterocycles. The zero-order chi connectivity index (χ0) is 23.5. The zero-order valence-electron chi connectivity index (χ0n) is 19.6. The van der Waals surface area contributed by atoms with Gasteiger partial charge in [-0.2, -0.15) is 0 Å². The number of hydrogen-bond acceptors (Lipinski definition) is 6. The molecule has 33 heavy (non-hydrogen) atoms. The van der Waals surface area contributed by atoms with Crippen LogP contribution in [0.4, 0.5) is 11.6 Å². The van der Waals surface area contributed by atoms with Crippen LogP contribution in [0.5, 0.6) is 0 Å². The average Bonchev–Trinajstić information content (AvgIpc) is 2.80. The Kier molecular flexibility index (Phi) is 7.20. The Morgan fingerprint density at radius 1 is 1.21 bits per heavy atom. The molecule has 2 aromatic rings. The zero-order valence-corrected chi connectivity index (χ0v) is 20.4. The number of anilines is 2. The molecule has 1 fully saturated rings. The highest BCUT2D eigenvalue weighted by Gasteiger charge is 2.31. The first-order valence-electron chi connectivity index (χ1n) is 11.7. The van der Waals surface area contributed by atoms with Gasteiger partial charge in [0, 0.05) is 55.0 Å². The SMILES string of the molecule is C=C1Nc2ncnc(N3CCN(C(=O)[C@H](CNC(C)C)c4ccc(Cl)cc4)CC3)c2C[C@@H]1C. The number of nitrogens with one attached hydrogen (secondary N) is 2. The van der Waals surface area contributed by atoms with Crippen molar-refractivity contribution in [2.45, 2.75) is 39.2 Å². The molecule has 2 aliphatic rings. The molecule has 7 nitrogen and oxygen atoms in total. The van der Waals surface area contributed by atoms with Crippen molar-refractivity contribution in [1.29, 1.82) is 0 Å². The van der Waals surface area contributed by atoms with E-state index < -0.39 is 0 Å². The van der Waals surface area contributed by atoms with E-state index in [1.165, 1.54) is 0 Å². The first-order valence-corrected chi connectivity index (χ1v) is 12.0. The quantitative estimate of drug-likeness (QED) is 0.673. The number of fused-ring (bicyclic) bond motifs is 1. The van der Waals surface area contributed by atoms with Crippen LogP contribution in [0.3, 0.4) is 0 Å². The van der Waals surface area contributed by atoms with E-state index in [0.29, 0.717) is 36.6 Å². The van der Waals surface area contributed by atoms with E-state index in [0.717, 1.165) is 48.0 Å². The lowest BCUT2D eigenvalue weighted by molar-refractivity contribution is -0.133. The molecule has 1 amide bonds. The number of rotatable bonds is 6. The summed E-state index contributed by atoms with van der Waals surface area (Å²) in [6, 6.07) is 7.93. The highest BCUT2D eigenvalue weighted by atomic mass is 35.5. The number of halogens is 1. The summed E-state index contributed by atoms with van der Waals surface area (Å²) in [5.74, 6) is 2.07. The highest BCUT2D eigenvalue weighted by Crippen LogP contribution is 2.34. The second-order valence-electron chi connectivity index (χ2n) is 9.26. The van der Waals surface area contributed by atoms with Gasteiger partial charge in [0.05, 0.1) is 5.92 Å². The van der Waals surface area contributed by atoms with E-state index in [1.807, 2.05) is 29.2 Å². The molecular weight excluding hydrogens is 436 g/mol. The van der Waals surface area contributed by atoms with Crippen molar-refractivity contribution < 1.29 is 4.79 Å². The van der Waals surface area contributed by atoms with Crippen molar-refractivity contribution in [2.75, 3.05) is 42.9 Å². The summed E-state index contributed by atoms with van der Waals surface area (Å²) in [6.45, 7) is 13.9. The maximum Gasteiger partial charge on any atom is 0.231 e. The van der Waals surface area contributed by atoms with Crippen LogP contribution >= 0.6 is 11.6 Å². The standard InChI is InChI=1S/C25H33ClN6O/c1-16(2)27-14-22(19-5-7-20(26)8-6-19)25(33)32-11-9-31(10-12-32)24-21-13-17(3)18(4)30-23(21)28-15-29-24/h5-8,15-17,22,27H,4,9-14H2,1-3H3,(H,28,29,30)/t17-,22+/m0/s1. The van der Waals surface area contributed by atoms with Gasteiger partial charge in [0.1, 0.15) is 18.0 Å². The Morgan fingerprint density at radius 3 is 2.58 bits per heavy atom. The Balaban J connectivity index is 1.46. The first kappa shape index (κ1) is 23.5. The number of carbonyl (C=O) groups excluding carboxylic acids is 1. The van der Waals surface area contributed by atoms with Crippen LogP contribution in [0.15, 0.2) is 42.9 Å². The molecule has 0 saturated carbocycles. The van der Waals surface area contributed by atoms with Gasteiger partial charge in [-0.3, -0.25) is 4.79 Å². The fraction of sp³-hybridized carbons (Fsp3) is 0.480. The summed E-state index contributed by atoms with van der Waals surface area (Å²) < 4.78 is 0. The molecule has 0 aliphatic carbocycles. The lowest BCUT2D eigenvalue weighted by Crippen LogP contribution is -2.51. The van der Waals surface area contributed by atoms with Gasteiger partial charge in [0.2, 0.25) is 5.91 Å². The van der Waals surface area contributed by atoms with Gasteiger partial charge >= 0.3 is 0 Å². The molecule has 176 valence electrons. The number of hydrogen-bond donors (Lipinski definition) is 2. The molecule has 0 bridgehead atoms. The van der Waals surface area contributed by atoms with Crippen molar-refractivity contribution in [2.24, 2.45) is 5.92 Å². The van der Waals surface area contributed by atoms with Gasteiger partial charge in [-0.25, -0.2) is 9.97 Å². The predicted molar refractivity (Wildman–Crippen MR) is 134 cm³/mol. The van der Waals surface area contributed by atoms with E-state index >= 15 is 0 Å². The Labute approximate surface area is 201 Å². The lowest BCUT2D eigenvalue weighted by Gasteiger charge is -2.38. The van der Waals surface area contributed by atoms with Gasteiger partial charge in [0.15, 0.2) is 0 Å². The number of allylic oxidation sites excluding steroid dienone is 1. The molecule has 1 aromatic carbocycles. The van der Waals surface area contributed by atoms with Crippen LogP contribution in [0.2, 0.25) is 5.02 Å². The predicted octanol–water partition coefficient (Wildman–Crippen LogP) is 3.68. The lowest BCUT2D eigenvalue weighted by atomic mass is 9.95. The van der Waals surface area contributed by atoms with Crippen molar-refractivity contribution in [3.05, 3.63) is 59.0 Å². The van der Waals surface area contributed by atoms with Crippen LogP contribution in [0, 0.1) is 5.92 Å². The van der Waals surface area contributed by atoms with Crippen LogP contribution in [0.25, 0.3) is 0 Å². The topological polar surface area (TPSA) is 73.4 Å². The summed E-state index contributed by atoms with van der Waals surface area (Å²) in [4.78, 5) is 26.8. The minimum absolute atomic E-state index is 0.154. The number of carbonyl (C=O) groups is 1. The second-order valence-corrected chi connectivity index (χ2v) is 9.70. The summed E-state index contributed by atoms with van der Waals surface area (Å²) in [5, 5.41) is 7.43. The third kappa shape index (κ3) is 5.31. The fourth-order valence-corrected chi connectivity index (χ4v) is 4.56. The third-order valence-electron chi connectivity index (χ3n) is 6.50. The third-order valence-corrected chi connectivity index (χ3v) is 6.75. The van der Waals surface area contributed by atoms with Crippen LogP contribution in [-0.4, -0.2) is 59.5 Å². The number of nitrogens with zero attached hydrogens (tertiary/aromatic N) is 4. The van der Waals surface area contributed by atoms with Gasteiger partial charge in [-0.15, -0.1) is 0 Å². The number of piperazine rings is 1. The molecule has 1 aromatic heterocycles. The van der Waals surface area contributed by atoms with Gasteiger partial charge in [0.25, 0.3) is 0 Å². The van der Waals surface area contributed by atoms with E-state index in [4.69, 9.17) is 11.6 Å². The van der Waals surface area contributed by atoms with Crippen molar-refractivity contribution >= 4 is 29.1 Å². The normalized spacial score (nSPS) is 19.3. The van der Waals surface area contributed by atoms with Crippen LogP contribution < -0.4 is 15.5 Å². The van der Waals surface area contributed by atoms with Crippen LogP contribution in [0.1, 0.15) is 37.8 Å². The molecule has 2 atom stereocenters. The highest BCUT2D eigenvalue weighted by molar-refractivity contribution is 6.30. The van der Waals surface area contributed by atoms with Crippen molar-refractivity contribution in [3.63, 3.8) is 0 Å². The number of benzene rings is 1. The van der Waals surface area contributed by atoms with Crippen molar-refractivity contribution in [3.8, 4) is 0 Å². The van der Waals surface area contributed by atoms with E-state index in [2.05, 4.69) is 52.9 Å². The van der Waals surface area contributed by atoms with E-state index in [-0.39, 0.29) is 11.8 Å². The molecule has 2 N–H and O–H groups in total. The molecule has 0 spiro atoms. The molecular formula is C25H33ClN6O. The monoisotopic (exact) mass is 468 g/mol. The number of aromatic nitrogens is 2.